The lowest BCUT2D eigenvalue weighted by Gasteiger charge is -2.14. The van der Waals surface area contributed by atoms with Gasteiger partial charge in [-0.2, -0.15) is 5.10 Å². The molecule has 0 aromatic carbocycles. The van der Waals surface area contributed by atoms with E-state index >= 15 is 0 Å². The number of nitrogens with zero attached hydrogens (tertiary/aromatic N) is 2. The molecule has 0 atom stereocenters. The molecule has 3 aromatic rings. The van der Waals surface area contributed by atoms with Gasteiger partial charge in [-0.3, -0.25) is 5.10 Å². The molecule has 3 aromatic heterocycles. The van der Waals surface area contributed by atoms with Crippen LogP contribution in [0.3, 0.4) is 0 Å². The number of fused-ring (bicyclic) bond motifs is 1. The Morgan fingerprint density at radius 3 is 2.92 bits per heavy atom. The van der Waals surface area contributed by atoms with E-state index in [1.807, 2.05) is 6.07 Å². The molecule has 0 unspecified atom stereocenters. The van der Waals surface area contributed by atoms with Crippen molar-refractivity contribution >= 4 is 33.1 Å². The Balaban J connectivity index is 1.55. The number of pyridine rings is 1. The van der Waals surface area contributed by atoms with E-state index < -0.39 is 0 Å². The first kappa shape index (κ1) is 14.3. The predicted octanol–water partition coefficient (Wildman–Crippen LogP) is 4.47. The molecule has 0 aliphatic heterocycles. The summed E-state index contributed by atoms with van der Waals surface area (Å²) in [5.74, 6) is 1.83. The zero-order valence-electron chi connectivity index (χ0n) is 13.7. The molecule has 5 rings (SSSR count). The maximum Gasteiger partial charge on any atom is 0.129 e. The van der Waals surface area contributed by atoms with Gasteiger partial charge in [0, 0.05) is 24.3 Å². The van der Waals surface area contributed by atoms with Crippen molar-refractivity contribution < 1.29 is 0 Å². The van der Waals surface area contributed by atoms with Crippen LogP contribution in [0.5, 0.6) is 0 Å². The van der Waals surface area contributed by atoms with Crippen molar-refractivity contribution in [2.45, 2.75) is 38.1 Å². The van der Waals surface area contributed by atoms with Gasteiger partial charge in [-0.15, -0.1) is 11.3 Å². The number of aromatic amines is 1. The second kappa shape index (κ2) is 5.21. The fourth-order valence-electron chi connectivity index (χ4n) is 2.94. The van der Waals surface area contributed by atoms with Crippen LogP contribution in [0.2, 0.25) is 0 Å². The van der Waals surface area contributed by atoms with E-state index in [-0.39, 0.29) is 5.54 Å². The molecule has 0 bridgehead atoms. The summed E-state index contributed by atoms with van der Waals surface area (Å²) in [5, 5.41) is 14.4. The van der Waals surface area contributed by atoms with Crippen LogP contribution in [0.15, 0.2) is 24.4 Å². The van der Waals surface area contributed by atoms with Gasteiger partial charge in [0.15, 0.2) is 0 Å². The molecule has 3 N–H and O–H groups in total. The minimum absolute atomic E-state index is 0.233. The Labute approximate surface area is 144 Å². The first-order valence-corrected chi connectivity index (χ1v) is 9.47. The van der Waals surface area contributed by atoms with E-state index in [2.05, 4.69) is 39.9 Å². The number of anilines is 2. The number of nitrogens with one attached hydrogen (secondary N) is 3. The van der Waals surface area contributed by atoms with Gasteiger partial charge >= 0.3 is 0 Å². The number of rotatable bonds is 6. The number of thiophene rings is 1. The molecule has 0 saturated heterocycles. The number of aromatic nitrogens is 3. The molecule has 0 spiro atoms. The lowest BCUT2D eigenvalue weighted by molar-refractivity contribution is 0.822. The summed E-state index contributed by atoms with van der Waals surface area (Å²) in [4.78, 5) is 6.04. The Hall–Kier alpha value is -2.08. The van der Waals surface area contributed by atoms with Crippen LogP contribution in [0.4, 0.5) is 11.5 Å². The van der Waals surface area contributed by atoms with Gasteiger partial charge in [-0.25, -0.2) is 4.98 Å². The lowest BCUT2D eigenvalue weighted by atomic mass is 10.2. The molecule has 6 heteroatoms. The average molecular weight is 339 g/mol. The van der Waals surface area contributed by atoms with E-state index in [0.29, 0.717) is 0 Å². The van der Waals surface area contributed by atoms with Crippen molar-refractivity contribution in [3.05, 3.63) is 24.4 Å². The summed E-state index contributed by atoms with van der Waals surface area (Å²) in [6.45, 7) is 3.33. The Morgan fingerprint density at radius 1 is 1.33 bits per heavy atom. The van der Waals surface area contributed by atoms with Crippen molar-refractivity contribution in [3.8, 4) is 10.6 Å². The van der Waals surface area contributed by atoms with Gasteiger partial charge in [0.25, 0.3) is 0 Å². The van der Waals surface area contributed by atoms with Crippen molar-refractivity contribution in [2.75, 3.05) is 17.2 Å². The third-order valence-electron chi connectivity index (χ3n) is 4.95. The highest BCUT2D eigenvalue weighted by Crippen LogP contribution is 2.41. The largest absolute Gasteiger partial charge is 0.383 e. The smallest absolute Gasteiger partial charge is 0.129 e. The second-order valence-electron chi connectivity index (χ2n) is 7.36. The van der Waals surface area contributed by atoms with E-state index in [9.17, 15) is 0 Å². The molecule has 2 fully saturated rings. The molecular formula is C18H21N5S. The SMILES string of the molecule is CC1(Nc2cc(NCC3CC3)c3sc(-c4ccn[nH]4)cc3n2)CC1. The maximum absolute atomic E-state index is 4.86. The van der Waals surface area contributed by atoms with Crippen molar-refractivity contribution in [1.29, 1.82) is 0 Å². The Morgan fingerprint density at radius 2 is 2.21 bits per heavy atom. The zero-order valence-corrected chi connectivity index (χ0v) is 14.5. The summed E-state index contributed by atoms with van der Waals surface area (Å²) >= 11 is 1.77. The molecule has 2 aliphatic carbocycles. The predicted molar refractivity (Wildman–Crippen MR) is 99.7 cm³/mol. The van der Waals surface area contributed by atoms with Crippen molar-refractivity contribution in [2.24, 2.45) is 5.92 Å². The van der Waals surface area contributed by atoms with E-state index in [1.54, 1.807) is 17.5 Å². The zero-order chi connectivity index (χ0) is 16.1. The monoisotopic (exact) mass is 339 g/mol. The van der Waals surface area contributed by atoms with Crippen LogP contribution in [0.25, 0.3) is 20.8 Å². The first-order valence-electron chi connectivity index (χ1n) is 8.65. The average Bonchev–Trinajstić information content (AvgIpc) is 3.39. The van der Waals surface area contributed by atoms with Crippen molar-refractivity contribution in [3.63, 3.8) is 0 Å². The van der Waals surface area contributed by atoms with Gasteiger partial charge in [0.1, 0.15) is 5.82 Å². The van der Waals surface area contributed by atoms with Gasteiger partial charge < -0.3 is 10.6 Å². The molecule has 2 aliphatic rings. The molecule has 0 radical (unpaired) electrons. The summed E-state index contributed by atoms with van der Waals surface area (Å²) in [7, 11) is 0. The van der Waals surface area contributed by atoms with Crippen LogP contribution in [-0.4, -0.2) is 27.3 Å². The molecule has 0 amide bonds. The molecule has 2 saturated carbocycles. The molecular weight excluding hydrogens is 318 g/mol. The highest BCUT2D eigenvalue weighted by atomic mass is 32.1. The van der Waals surface area contributed by atoms with E-state index in [1.165, 1.54) is 40.9 Å². The summed E-state index contributed by atoms with van der Waals surface area (Å²) in [5.41, 5.74) is 3.54. The summed E-state index contributed by atoms with van der Waals surface area (Å²) in [6.07, 6.45) is 6.95. The van der Waals surface area contributed by atoms with Crippen LogP contribution < -0.4 is 10.6 Å². The van der Waals surface area contributed by atoms with Crippen LogP contribution in [0.1, 0.15) is 32.6 Å². The fourth-order valence-corrected chi connectivity index (χ4v) is 4.01. The minimum atomic E-state index is 0.233. The maximum atomic E-state index is 4.86. The highest BCUT2D eigenvalue weighted by Gasteiger charge is 2.37. The Kier molecular flexibility index (Phi) is 3.10. The molecule has 24 heavy (non-hydrogen) atoms. The molecule has 3 heterocycles. The minimum Gasteiger partial charge on any atom is -0.383 e. The van der Waals surface area contributed by atoms with Crippen molar-refractivity contribution in [1.82, 2.24) is 15.2 Å². The summed E-state index contributed by atoms with van der Waals surface area (Å²) < 4.78 is 1.23. The number of hydrogen-bond donors (Lipinski definition) is 3. The number of H-pyrrole nitrogens is 1. The quantitative estimate of drug-likeness (QED) is 0.620. The fraction of sp³-hybridized carbons (Fsp3) is 0.444. The van der Waals surface area contributed by atoms with Crippen LogP contribution in [0, 0.1) is 5.92 Å². The normalized spacial score (nSPS) is 18.7. The van der Waals surface area contributed by atoms with Gasteiger partial charge in [0.2, 0.25) is 0 Å². The number of hydrogen-bond acceptors (Lipinski definition) is 5. The standard InChI is InChI=1S/C18H21N5S/c1-18(5-6-18)22-16-9-13(19-10-11-2-3-11)17-14(21-16)8-15(24-17)12-4-7-20-23-12/h4,7-9,11H,2-3,5-6,10H2,1H3,(H,20,23)(H2,19,21,22). The molecule has 124 valence electrons. The van der Waals surface area contributed by atoms with Gasteiger partial charge in [-0.05, 0) is 50.7 Å². The van der Waals surface area contributed by atoms with Gasteiger partial charge in [-0.1, -0.05) is 0 Å². The first-order chi connectivity index (χ1) is 11.7. The second-order valence-corrected chi connectivity index (χ2v) is 8.41. The van der Waals surface area contributed by atoms with E-state index in [0.717, 1.165) is 29.5 Å². The van der Waals surface area contributed by atoms with Crippen LogP contribution >= 0.6 is 11.3 Å². The highest BCUT2D eigenvalue weighted by molar-refractivity contribution is 7.22. The molecule has 5 nitrogen and oxygen atoms in total. The topological polar surface area (TPSA) is 65.6 Å². The lowest BCUT2D eigenvalue weighted by Crippen LogP contribution is -2.17. The summed E-state index contributed by atoms with van der Waals surface area (Å²) in [6, 6.07) is 6.35. The van der Waals surface area contributed by atoms with E-state index in [4.69, 9.17) is 4.98 Å². The Bertz CT molecular complexity index is 874. The van der Waals surface area contributed by atoms with Gasteiger partial charge in [0.05, 0.1) is 26.5 Å². The third-order valence-corrected chi connectivity index (χ3v) is 6.14. The van der Waals surface area contributed by atoms with Crippen LogP contribution in [-0.2, 0) is 0 Å². The third kappa shape index (κ3) is 2.75.